The maximum atomic E-state index is 12.5. The van der Waals surface area contributed by atoms with Crippen LogP contribution in [-0.4, -0.2) is 32.3 Å². The van der Waals surface area contributed by atoms with E-state index in [0.29, 0.717) is 16.3 Å². The molecule has 1 N–H and O–H groups in total. The summed E-state index contributed by atoms with van der Waals surface area (Å²) < 4.78 is 6.64. The molecule has 0 aliphatic heterocycles. The van der Waals surface area contributed by atoms with Crippen LogP contribution in [0.3, 0.4) is 0 Å². The molecule has 134 valence electrons. The number of nitro groups is 1. The van der Waals surface area contributed by atoms with E-state index in [1.54, 1.807) is 24.3 Å². The molecular formula is C17H14ClN3O5. The van der Waals surface area contributed by atoms with Crippen molar-refractivity contribution in [3.63, 3.8) is 0 Å². The molecule has 8 nitrogen and oxygen atoms in total. The monoisotopic (exact) mass is 375 g/mol. The summed E-state index contributed by atoms with van der Waals surface area (Å²) in [5.41, 5.74) is -0.311. The zero-order valence-corrected chi connectivity index (χ0v) is 14.2. The number of ether oxygens (including phenoxy) is 1. The van der Waals surface area contributed by atoms with Gasteiger partial charge in [0.1, 0.15) is 18.5 Å². The molecule has 0 amide bonds. The molecule has 3 aromatic rings. The lowest BCUT2D eigenvalue weighted by Crippen LogP contribution is -2.30. The Morgan fingerprint density at radius 2 is 2.00 bits per heavy atom. The Morgan fingerprint density at radius 1 is 1.27 bits per heavy atom. The summed E-state index contributed by atoms with van der Waals surface area (Å²) in [6.07, 6.45) is 0.323. The van der Waals surface area contributed by atoms with Gasteiger partial charge in [0.15, 0.2) is 0 Å². The number of aliphatic hydroxyl groups excluding tert-OH is 1. The Morgan fingerprint density at radius 3 is 2.69 bits per heavy atom. The summed E-state index contributed by atoms with van der Waals surface area (Å²) in [5, 5.41) is 21.7. The summed E-state index contributed by atoms with van der Waals surface area (Å²) in [4.78, 5) is 26.9. The molecule has 0 aliphatic rings. The SMILES string of the molecule is O=c1c2cc([N+](=O)[O-])ccc2ncn1C[C@H](O)COc1ccc(Cl)cc1. The van der Waals surface area contributed by atoms with Gasteiger partial charge in [-0.1, -0.05) is 11.6 Å². The van der Waals surface area contributed by atoms with Crippen LogP contribution in [0.5, 0.6) is 5.75 Å². The quantitative estimate of drug-likeness (QED) is 0.523. The number of hydrogen-bond donors (Lipinski definition) is 1. The molecule has 3 rings (SSSR count). The fourth-order valence-corrected chi connectivity index (χ4v) is 2.52. The first-order chi connectivity index (χ1) is 12.4. The number of rotatable bonds is 6. The van der Waals surface area contributed by atoms with Gasteiger partial charge >= 0.3 is 0 Å². The third-order valence-electron chi connectivity index (χ3n) is 3.68. The molecule has 0 spiro atoms. The molecule has 1 atom stereocenters. The van der Waals surface area contributed by atoms with Crippen molar-refractivity contribution in [3.8, 4) is 5.75 Å². The highest BCUT2D eigenvalue weighted by Gasteiger charge is 2.13. The van der Waals surface area contributed by atoms with Crippen LogP contribution in [0.4, 0.5) is 5.69 Å². The van der Waals surface area contributed by atoms with Crippen molar-refractivity contribution in [1.29, 1.82) is 0 Å². The Balaban J connectivity index is 1.75. The van der Waals surface area contributed by atoms with Gasteiger partial charge < -0.3 is 9.84 Å². The predicted octanol–water partition coefficient (Wildman–Crippen LogP) is 2.40. The molecule has 1 aromatic heterocycles. The first-order valence-electron chi connectivity index (χ1n) is 7.64. The van der Waals surface area contributed by atoms with Gasteiger partial charge in [-0.3, -0.25) is 19.5 Å². The minimum atomic E-state index is -0.971. The van der Waals surface area contributed by atoms with E-state index in [9.17, 15) is 20.0 Å². The number of halogens is 1. The smallest absolute Gasteiger partial charge is 0.270 e. The van der Waals surface area contributed by atoms with E-state index < -0.39 is 16.6 Å². The molecule has 0 saturated heterocycles. The van der Waals surface area contributed by atoms with Crippen molar-refractivity contribution >= 4 is 28.2 Å². The lowest BCUT2D eigenvalue weighted by atomic mass is 10.2. The van der Waals surface area contributed by atoms with E-state index in [4.69, 9.17) is 16.3 Å². The van der Waals surface area contributed by atoms with Gasteiger partial charge in [0.05, 0.1) is 28.7 Å². The van der Waals surface area contributed by atoms with Crippen LogP contribution in [-0.2, 0) is 6.54 Å². The number of nitro benzene ring substituents is 1. The minimum Gasteiger partial charge on any atom is -0.491 e. The maximum absolute atomic E-state index is 12.5. The zero-order valence-electron chi connectivity index (χ0n) is 13.4. The Hall–Kier alpha value is -2.97. The Labute approximate surface area is 152 Å². The number of benzene rings is 2. The first kappa shape index (κ1) is 17.8. The maximum Gasteiger partial charge on any atom is 0.270 e. The zero-order chi connectivity index (χ0) is 18.7. The summed E-state index contributed by atoms with van der Waals surface area (Å²) in [5.74, 6) is 0.535. The standard InChI is InChI=1S/C17H14ClN3O5/c18-11-1-4-14(5-2-11)26-9-13(22)8-20-10-19-16-6-3-12(21(24)25)7-15(16)17(20)23/h1-7,10,13,22H,8-9H2/t13-/m0/s1. The second-order valence-electron chi connectivity index (χ2n) is 5.58. The predicted molar refractivity (Wildman–Crippen MR) is 95.6 cm³/mol. The molecule has 1 heterocycles. The van der Waals surface area contributed by atoms with Crippen LogP contribution in [0.2, 0.25) is 5.02 Å². The van der Waals surface area contributed by atoms with Crippen molar-refractivity contribution in [2.75, 3.05) is 6.61 Å². The molecule has 0 saturated carbocycles. The topological polar surface area (TPSA) is 107 Å². The van der Waals surface area contributed by atoms with Crippen molar-refractivity contribution < 1.29 is 14.8 Å². The molecule has 26 heavy (non-hydrogen) atoms. The first-order valence-corrected chi connectivity index (χ1v) is 8.02. The van der Waals surface area contributed by atoms with E-state index in [0.717, 1.165) is 0 Å². The average molecular weight is 376 g/mol. The van der Waals surface area contributed by atoms with E-state index in [2.05, 4.69) is 4.98 Å². The fourth-order valence-electron chi connectivity index (χ4n) is 2.39. The van der Waals surface area contributed by atoms with Gasteiger partial charge in [0.2, 0.25) is 0 Å². The number of hydrogen-bond acceptors (Lipinski definition) is 6. The van der Waals surface area contributed by atoms with Crippen LogP contribution in [0, 0.1) is 10.1 Å². The van der Waals surface area contributed by atoms with Gasteiger partial charge in [-0.25, -0.2) is 4.98 Å². The lowest BCUT2D eigenvalue weighted by molar-refractivity contribution is -0.384. The number of fused-ring (bicyclic) bond motifs is 1. The van der Waals surface area contributed by atoms with Gasteiger partial charge in [-0.15, -0.1) is 0 Å². The summed E-state index contributed by atoms with van der Waals surface area (Å²) >= 11 is 5.79. The van der Waals surface area contributed by atoms with E-state index in [1.165, 1.54) is 29.1 Å². The van der Waals surface area contributed by atoms with Crippen LogP contribution in [0.1, 0.15) is 0 Å². The van der Waals surface area contributed by atoms with E-state index >= 15 is 0 Å². The highest BCUT2D eigenvalue weighted by Crippen LogP contribution is 2.17. The highest BCUT2D eigenvalue weighted by atomic mass is 35.5. The van der Waals surface area contributed by atoms with E-state index in [-0.39, 0.29) is 24.2 Å². The van der Waals surface area contributed by atoms with Gasteiger partial charge in [-0.2, -0.15) is 0 Å². The number of nitrogens with zero attached hydrogens (tertiary/aromatic N) is 3. The molecule has 2 aromatic carbocycles. The van der Waals surface area contributed by atoms with Crippen molar-refractivity contribution in [3.05, 3.63) is 74.3 Å². The largest absolute Gasteiger partial charge is 0.491 e. The van der Waals surface area contributed by atoms with Crippen LogP contribution in [0.25, 0.3) is 10.9 Å². The summed E-state index contributed by atoms with van der Waals surface area (Å²) in [6, 6.07) is 10.5. The third-order valence-corrected chi connectivity index (χ3v) is 3.93. The van der Waals surface area contributed by atoms with E-state index in [1.807, 2.05) is 0 Å². The number of non-ortho nitro benzene ring substituents is 1. The van der Waals surface area contributed by atoms with Gasteiger partial charge in [0.25, 0.3) is 11.2 Å². The number of aromatic nitrogens is 2. The van der Waals surface area contributed by atoms with Crippen molar-refractivity contribution in [1.82, 2.24) is 9.55 Å². The molecule has 0 unspecified atom stereocenters. The lowest BCUT2D eigenvalue weighted by Gasteiger charge is -2.14. The second-order valence-corrected chi connectivity index (χ2v) is 6.02. The van der Waals surface area contributed by atoms with Crippen LogP contribution < -0.4 is 10.3 Å². The minimum absolute atomic E-state index is 0.0406. The number of aliphatic hydroxyl groups is 1. The normalized spacial score (nSPS) is 12.1. The second kappa shape index (κ2) is 7.51. The average Bonchev–Trinajstić information content (AvgIpc) is 2.63. The van der Waals surface area contributed by atoms with Gasteiger partial charge in [0, 0.05) is 17.2 Å². The third kappa shape index (κ3) is 3.98. The van der Waals surface area contributed by atoms with Crippen molar-refractivity contribution in [2.24, 2.45) is 0 Å². The molecule has 0 fully saturated rings. The molecule has 0 radical (unpaired) electrons. The van der Waals surface area contributed by atoms with Gasteiger partial charge in [-0.05, 0) is 30.3 Å². The van der Waals surface area contributed by atoms with Crippen LogP contribution in [0.15, 0.2) is 53.6 Å². The van der Waals surface area contributed by atoms with Crippen LogP contribution >= 0.6 is 11.6 Å². The Kier molecular flexibility index (Phi) is 5.15. The molecular weight excluding hydrogens is 362 g/mol. The molecule has 0 aliphatic carbocycles. The molecule has 9 heteroatoms. The fraction of sp³-hybridized carbons (Fsp3) is 0.176. The summed E-state index contributed by atoms with van der Waals surface area (Å²) in [7, 11) is 0. The van der Waals surface area contributed by atoms with Crippen molar-refractivity contribution in [2.45, 2.75) is 12.6 Å². The summed E-state index contributed by atoms with van der Waals surface area (Å²) in [6.45, 7) is -0.0981. The Bertz CT molecular complexity index is 1000. The highest BCUT2D eigenvalue weighted by molar-refractivity contribution is 6.30. The molecule has 0 bridgehead atoms.